The minimum absolute atomic E-state index is 0.0157. The molecule has 2 amide bonds. The van der Waals surface area contributed by atoms with Crippen LogP contribution in [-0.4, -0.2) is 35.2 Å². The number of aliphatic hydroxyl groups excluding tert-OH is 1. The molecule has 0 aromatic heterocycles. The maximum Gasteiger partial charge on any atom is 0.416 e. The summed E-state index contributed by atoms with van der Waals surface area (Å²) in [6.45, 7) is 1.68. The fourth-order valence-electron chi connectivity index (χ4n) is 2.56. The topological polar surface area (TPSA) is 52.6 Å². The van der Waals surface area contributed by atoms with Crippen LogP contribution in [0, 0.1) is 6.92 Å². The molecular formula is C14H17F3N2O2. The quantitative estimate of drug-likeness (QED) is 0.882. The lowest BCUT2D eigenvalue weighted by molar-refractivity contribution is -0.138. The molecule has 1 heterocycles. The van der Waals surface area contributed by atoms with E-state index in [1.165, 1.54) is 24.0 Å². The lowest BCUT2D eigenvalue weighted by atomic mass is 10.1. The third-order valence-corrected chi connectivity index (χ3v) is 3.73. The van der Waals surface area contributed by atoms with Gasteiger partial charge < -0.3 is 15.3 Å². The molecule has 21 heavy (non-hydrogen) atoms. The van der Waals surface area contributed by atoms with Crippen LogP contribution in [0.5, 0.6) is 0 Å². The van der Waals surface area contributed by atoms with Gasteiger partial charge in [0.15, 0.2) is 0 Å². The summed E-state index contributed by atoms with van der Waals surface area (Å²) >= 11 is 0. The highest BCUT2D eigenvalue weighted by atomic mass is 19.4. The van der Waals surface area contributed by atoms with Crippen LogP contribution in [0.15, 0.2) is 18.2 Å². The normalized spacial score (nSPS) is 18.9. The lowest BCUT2D eigenvalue weighted by Gasteiger charge is -2.24. The maximum atomic E-state index is 12.8. The third kappa shape index (κ3) is 3.29. The van der Waals surface area contributed by atoms with Crippen LogP contribution >= 0.6 is 0 Å². The molecular weight excluding hydrogens is 285 g/mol. The monoisotopic (exact) mass is 302 g/mol. The zero-order valence-electron chi connectivity index (χ0n) is 11.6. The number of urea groups is 1. The van der Waals surface area contributed by atoms with Crippen molar-refractivity contribution >= 4 is 11.7 Å². The number of hydrogen-bond acceptors (Lipinski definition) is 2. The molecule has 1 saturated heterocycles. The number of carbonyl (C=O) groups excluding carboxylic acids is 1. The van der Waals surface area contributed by atoms with E-state index in [1.807, 2.05) is 0 Å². The minimum atomic E-state index is -4.45. The van der Waals surface area contributed by atoms with Crippen molar-refractivity contribution in [3.05, 3.63) is 29.3 Å². The molecule has 116 valence electrons. The standard InChI is InChI=1S/C14H17F3N2O2/c1-9-11(14(15,16)17)5-2-6-12(9)18-13(21)19-7-3-4-10(19)8-20/h2,5-6,10,20H,3-4,7-8H2,1H3,(H,18,21). The molecule has 1 fully saturated rings. The molecule has 2 N–H and O–H groups in total. The summed E-state index contributed by atoms with van der Waals surface area (Å²) < 4.78 is 38.5. The van der Waals surface area contributed by atoms with Crippen molar-refractivity contribution in [3.8, 4) is 0 Å². The molecule has 1 aromatic carbocycles. The molecule has 1 aliphatic heterocycles. The van der Waals surface area contributed by atoms with Crippen molar-refractivity contribution in [1.29, 1.82) is 0 Å². The number of anilines is 1. The summed E-state index contributed by atoms with van der Waals surface area (Å²) in [5, 5.41) is 11.7. The summed E-state index contributed by atoms with van der Waals surface area (Å²) in [6, 6.07) is 2.94. The van der Waals surface area contributed by atoms with Crippen molar-refractivity contribution in [1.82, 2.24) is 4.90 Å². The zero-order valence-corrected chi connectivity index (χ0v) is 11.6. The van der Waals surface area contributed by atoms with Gasteiger partial charge in [-0.05, 0) is 37.5 Å². The predicted molar refractivity (Wildman–Crippen MR) is 72.0 cm³/mol. The Bertz CT molecular complexity index is 531. The Morgan fingerprint density at radius 3 is 2.81 bits per heavy atom. The molecule has 2 rings (SSSR count). The SMILES string of the molecule is Cc1c(NC(=O)N2CCCC2CO)cccc1C(F)(F)F. The number of halogens is 3. The van der Waals surface area contributed by atoms with E-state index in [0.717, 1.165) is 12.5 Å². The van der Waals surface area contributed by atoms with E-state index >= 15 is 0 Å². The third-order valence-electron chi connectivity index (χ3n) is 3.73. The van der Waals surface area contributed by atoms with Gasteiger partial charge in [0.25, 0.3) is 0 Å². The average molecular weight is 302 g/mol. The maximum absolute atomic E-state index is 12.8. The van der Waals surface area contributed by atoms with E-state index in [0.29, 0.717) is 13.0 Å². The number of aliphatic hydroxyl groups is 1. The van der Waals surface area contributed by atoms with Gasteiger partial charge in [-0.3, -0.25) is 0 Å². The van der Waals surface area contributed by atoms with Crippen LogP contribution < -0.4 is 5.32 Å². The summed E-state index contributed by atoms with van der Waals surface area (Å²) in [4.78, 5) is 13.6. The molecule has 0 spiro atoms. The van der Waals surface area contributed by atoms with E-state index in [9.17, 15) is 23.1 Å². The molecule has 1 atom stereocenters. The van der Waals surface area contributed by atoms with E-state index in [-0.39, 0.29) is 23.9 Å². The van der Waals surface area contributed by atoms with E-state index in [1.54, 1.807) is 0 Å². The van der Waals surface area contributed by atoms with Crippen molar-refractivity contribution in [2.75, 3.05) is 18.5 Å². The molecule has 0 saturated carbocycles. The second kappa shape index (κ2) is 5.93. The van der Waals surface area contributed by atoms with Crippen LogP contribution in [0.1, 0.15) is 24.0 Å². The number of likely N-dealkylation sites (tertiary alicyclic amines) is 1. The number of alkyl halides is 3. The Labute approximate surface area is 120 Å². The van der Waals surface area contributed by atoms with Crippen molar-refractivity contribution < 1.29 is 23.1 Å². The van der Waals surface area contributed by atoms with Gasteiger partial charge in [-0.25, -0.2) is 4.79 Å². The Balaban J connectivity index is 2.18. The second-order valence-corrected chi connectivity index (χ2v) is 5.08. The molecule has 1 aromatic rings. The van der Waals surface area contributed by atoms with Gasteiger partial charge in [0, 0.05) is 12.2 Å². The Morgan fingerprint density at radius 2 is 2.19 bits per heavy atom. The first kappa shape index (κ1) is 15.6. The number of rotatable bonds is 2. The van der Waals surface area contributed by atoms with Gasteiger partial charge in [-0.15, -0.1) is 0 Å². The molecule has 0 aliphatic carbocycles. The molecule has 7 heteroatoms. The molecule has 1 unspecified atom stereocenters. The predicted octanol–water partition coefficient (Wildman–Crippen LogP) is 3.00. The number of carbonyl (C=O) groups is 1. The van der Waals surface area contributed by atoms with Gasteiger partial charge in [0.05, 0.1) is 18.2 Å². The van der Waals surface area contributed by atoms with Crippen LogP contribution in [0.3, 0.4) is 0 Å². The Kier molecular flexibility index (Phi) is 4.41. The van der Waals surface area contributed by atoms with Crippen LogP contribution in [0.2, 0.25) is 0 Å². The van der Waals surface area contributed by atoms with Crippen molar-refractivity contribution in [2.45, 2.75) is 32.0 Å². The molecule has 0 radical (unpaired) electrons. The number of benzene rings is 1. The highest BCUT2D eigenvalue weighted by Gasteiger charge is 2.33. The van der Waals surface area contributed by atoms with Crippen molar-refractivity contribution in [3.63, 3.8) is 0 Å². The highest BCUT2D eigenvalue weighted by molar-refractivity contribution is 5.90. The van der Waals surface area contributed by atoms with Gasteiger partial charge >= 0.3 is 12.2 Å². The smallest absolute Gasteiger partial charge is 0.394 e. The minimum Gasteiger partial charge on any atom is -0.394 e. The first-order chi connectivity index (χ1) is 9.84. The Hall–Kier alpha value is -1.76. The van der Waals surface area contributed by atoms with Gasteiger partial charge in [-0.2, -0.15) is 13.2 Å². The van der Waals surface area contributed by atoms with Gasteiger partial charge in [-0.1, -0.05) is 6.07 Å². The summed E-state index contributed by atoms with van der Waals surface area (Å²) in [6.07, 6.45) is -2.97. The number of nitrogens with one attached hydrogen (secondary N) is 1. The summed E-state index contributed by atoms with van der Waals surface area (Å²) in [7, 11) is 0. The van der Waals surface area contributed by atoms with Crippen molar-refractivity contribution in [2.24, 2.45) is 0 Å². The fourth-order valence-corrected chi connectivity index (χ4v) is 2.56. The molecule has 1 aliphatic rings. The lowest BCUT2D eigenvalue weighted by Crippen LogP contribution is -2.40. The van der Waals surface area contributed by atoms with Crippen LogP contribution in [0.4, 0.5) is 23.7 Å². The van der Waals surface area contributed by atoms with Crippen LogP contribution in [0.25, 0.3) is 0 Å². The fraction of sp³-hybridized carbons (Fsp3) is 0.500. The van der Waals surface area contributed by atoms with Crippen LogP contribution in [-0.2, 0) is 6.18 Å². The summed E-state index contributed by atoms with van der Waals surface area (Å²) in [5.74, 6) is 0. The highest BCUT2D eigenvalue weighted by Crippen LogP contribution is 2.34. The second-order valence-electron chi connectivity index (χ2n) is 5.08. The van der Waals surface area contributed by atoms with Gasteiger partial charge in [0.1, 0.15) is 0 Å². The number of amides is 2. The number of nitrogens with zero attached hydrogens (tertiary/aromatic N) is 1. The van der Waals surface area contributed by atoms with E-state index < -0.39 is 17.8 Å². The first-order valence-electron chi connectivity index (χ1n) is 6.70. The summed E-state index contributed by atoms with van der Waals surface area (Å²) in [5.41, 5.74) is -0.642. The number of hydrogen-bond donors (Lipinski definition) is 2. The average Bonchev–Trinajstić information content (AvgIpc) is 2.88. The molecule has 4 nitrogen and oxygen atoms in total. The molecule has 0 bridgehead atoms. The first-order valence-corrected chi connectivity index (χ1v) is 6.70. The van der Waals surface area contributed by atoms with Gasteiger partial charge in [0.2, 0.25) is 0 Å². The largest absolute Gasteiger partial charge is 0.416 e. The van der Waals surface area contributed by atoms with E-state index in [2.05, 4.69) is 5.32 Å². The Morgan fingerprint density at radius 1 is 1.48 bits per heavy atom. The zero-order chi connectivity index (χ0) is 15.6. The van der Waals surface area contributed by atoms with E-state index in [4.69, 9.17) is 0 Å².